The highest BCUT2D eigenvalue weighted by atomic mass is 19.4. The lowest BCUT2D eigenvalue weighted by Crippen LogP contribution is -2.37. The summed E-state index contributed by atoms with van der Waals surface area (Å²) < 4.78 is 40.1. The molecule has 1 heterocycles. The third kappa shape index (κ3) is 3.04. The third-order valence-electron chi connectivity index (χ3n) is 3.53. The number of halogens is 3. The monoisotopic (exact) mass is 286 g/mol. The maximum absolute atomic E-state index is 12.1. The summed E-state index contributed by atoms with van der Waals surface area (Å²) in [5.74, 6) is 0.00420. The van der Waals surface area contributed by atoms with E-state index in [1.54, 1.807) is 0 Å². The molecular formula is C13H13F3N2O2. The summed E-state index contributed by atoms with van der Waals surface area (Å²) in [6.07, 6.45) is -2.84. The van der Waals surface area contributed by atoms with Gasteiger partial charge in [0.1, 0.15) is 5.75 Å². The fourth-order valence-electron chi connectivity index (χ4n) is 2.52. The average Bonchev–Trinajstić information content (AvgIpc) is 2.94. The Hall–Kier alpha value is -1.76. The minimum Gasteiger partial charge on any atom is -0.406 e. The summed E-state index contributed by atoms with van der Waals surface area (Å²) in [4.78, 5) is 11.9. The molecule has 1 aliphatic heterocycles. The van der Waals surface area contributed by atoms with E-state index in [1.807, 2.05) is 0 Å². The molecule has 2 N–H and O–H groups in total. The van der Waals surface area contributed by atoms with Crippen LogP contribution in [0.3, 0.4) is 0 Å². The van der Waals surface area contributed by atoms with Gasteiger partial charge in [-0.2, -0.15) is 0 Å². The molecule has 0 spiro atoms. The van der Waals surface area contributed by atoms with Gasteiger partial charge in [-0.15, -0.1) is 13.2 Å². The molecule has 3 atom stereocenters. The summed E-state index contributed by atoms with van der Waals surface area (Å²) in [6.45, 7) is 0. The fourth-order valence-corrected chi connectivity index (χ4v) is 2.52. The number of nitrogens with one attached hydrogen (secondary N) is 2. The van der Waals surface area contributed by atoms with Gasteiger partial charge in [0.2, 0.25) is 5.91 Å². The van der Waals surface area contributed by atoms with Crippen LogP contribution >= 0.6 is 0 Å². The number of carbonyl (C=O) groups is 1. The molecule has 1 amide bonds. The van der Waals surface area contributed by atoms with Crippen molar-refractivity contribution in [2.24, 2.45) is 5.92 Å². The van der Waals surface area contributed by atoms with Gasteiger partial charge in [-0.25, -0.2) is 0 Å². The standard InChI is InChI=1S/C13H13F3N2O2/c14-13(15,16)20-9-3-1-2-8(6-9)17-12(19)11-5-7-4-10(7)18-11/h1-3,6-7,10-11,18H,4-5H2,(H,17,19)/t7?,10-,11-/m0/s1. The molecule has 2 aliphatic rings. The van der Waals surface area contributed by atoms with E-state index in [0.29, 0.717) is 17.6 Å². The molecular weight excluding hydrogens is 273 g/mol. The SMILES string of the molecule is O=C(Nc1cccc(OC(F)(F)F)c1)[C@@H]1CC2C[C@@H]2N1. The topological polar surface area (TPSA) is 50.4 Å². The molecule has 1 saturated carbocycles. The number of hydrogen-bond acceptors (Lipinski definition) is 3. The van der Waals surface area contributed by atoms with Gasteiger partial charge in [0.25, 0.3) is 0 Å². The lowest BCUT2D eigenvalue weighted by molar-refractivity contribution is -0.274. The van der Waals surface area contributed by atoms with E-state index in [9.17, 15) is 18.0 Å². The largest absolute Gasteiger partial charge is 0.573 e. The van der Waals surface area contributed by atoms with Crippen LogP contribution in [-0.4, -0.2) is 24.4 Å². The van der Waals surface area contributed by atoms with Crippen LogP contribution in [0.1, 0.15) is 12.8 Å². The number of hydrogen-bond donors (Lipinski definition) is 2. The zero-order chi connectivity index (χ0) is 14.3. The average molecular weight is 286 g/mol. The Morgan fingerprint density at radius 1 is 1.35 bits per heavy atom. The first-order chi connectivity index (χ1) is 9.40. The number of amides is 1. The molecule has 1 saturated heterocycles. The molecule has 3 rings (SSSR count). The Bertz CT molecular complexity index is 523. The second-order valence-corrected chi connectivity index (χ2v) is 5.12. The molecule has 0 bridgehead atoms. The summed E-state index contributed by atoms with van der Waals surface area (Å²) in [7, 11) is 0. The second-order valence-electron chi connectivity index (χ2n) is 5.12. The Balaban J connectivity index is 1.62. The van der Waals surface area contributed by atoms with Crippen molar-refractivity contribution in [1.29, 1.82) is 0 Å². The van der Waals surface area contributed by atoms with E-state index < -0.39 is 6.36 Å². The quantitative estimate of drug-likeness (QED) is 0.896. The second kappa shape index (κ2) is 4.66. The zero-order valence-electron chi connectivity index (χ0n) is 10.4. The van der Waals surface area contributed by atoms with E-state index in [0.717, 1.165) is 18.9 Å². The fraction of sp³-hybridized carbons (Fsp3) is 0.462. The Kier molecular flexibility index (Phi) is 3.08. The van der Waals surface area contributed by atoms with Gasteiger partial charge in [0.05, 0.1) is 6.04 Å². The summed E-state index contributed by atoms with van der Waals surface area (Å²) in [6, 6.07) is 5.44. The minimum atomic E-state index is -4.74. The highest BCUT2D eigenvalue weighted by Crippen LogP contribution is 2.40. The van der Waals surface area contributed by atoms with Crippen LogP contribution in [0.15, 0.2) is 24.3 Å². The molecule has 4 nitrogen and oxygen atoms in total. The van der Waals surface area contributed by atoms with Gasteiger partial charge >= 0.3 is 6.36 Å². The Labute approximate surface area is 113 Å². The first-order valence-electron chi connectivity index (χ1n) is 6.33. The summed E-state index contributed by atoms with van der Waals surface area (Å²) in [5.41, 5.74) is 0.291. The number of rotatable bonds is 3. The number of carbonyl (C=O) groups excluding carboxylic acids is 1. The van der Waals surface area contributed by atoms with Gasteiger partial charge in [0, 0.05) is 17.8 Å². The molecule has 0 aromatic heterocycles. The van der Waals surface area contributed by atoms with Crippen molar-refractivity contribution in [3.05, 3.63) is 24.3 Å². The van der Waals surface area contributed by atoms with Crippen LogP contribution in [0.25, 0.3) is 0 Å². The van der Waals surface area contributed by atoms with Crippen molar-refractivity contribution < 1.29 is 22.7 Å². The summed E-state index contributed by atoms with van der Waals surface area (Å²) >= 11 is 0. The number of fused-ring (bicyclic) bond motifs is 1. The normalized spacial score (nSPS) is 27.9. The summed E-state index contributed by atoms with van der Waals surface area (Å²) in [5, 5.41) is 5.78. The Morgan fingerprint density at radius 3 is 2.80 bits per heavy atom. The maximum Gasteiger partial charge on any atom is 0.573 e. The highest BCUT2D eigenvalue weighted by Gasteiger charge is 2.47. The van der Waals surface area contributed by atoms with E-state index >= 15 is 0 Å². The smallest absolute Gasteiger partial charge is 0.406 e. The first-order valence-corrected chi connectivity index (χ1v) is 6.33. The molecule has 7 heteroatoms. The van der Waals surface area contributed by atoms with Crippen LogP contribution in [0, 0.1) is 5.92 Å². The molecule has 1 unspecified atom stereocenters. The predicted octanol–water partition coefficient (Wildman–Crippen LogP) is 2.27. The number of anilines is 1. The van der Waals surface area contributed by atoms with E-state index in [2.05, 4.69) is 15.4 Å². The lowest BCUT2D eigenvalue weighted by Gasteiger charge is -2.14. The lowest BCUT2D eigenvalue weighted by atomic mass is 10.1. The van der Waals surface area contributed by atoms with Crippen LogP contribution in [0.4, 0.5) is 18.9 Å². The van der Waals surface area contributed by atoms with Gasteiger partial charge in [0.15, 0.2) is 0 Å². The van der Waals surface area contributed by atoms with Crippen LogP contribution in [0.5, 0.6) is 5.75 Å². The van der Waals surface area contributed by atoms with Crippen molar-refractivity contribution in [1.82, 2.24) is 5.32 Å². The molecule has 20 heavy (non-hydrogen) atoms. The van der Waals surface area contributed by atoms with Gasteiger partial charge in [-0.1, -0.05) is 6.07 Å². The van der Waals surface area contributed by atoms with Gasteiger partial charge in [-0.05, 0) is 30.9 Å². The molecule has 2 fully saturated rings. The van der Waals surface area contributed by atoms with Crippen LogP contribution in [-0.2, 0) is 4.79 Å². The third-order valence-corrected chi connectivity index (χ3v) is 3.53. The zero-order valence-corrected chi connectivity index (χ0v) is 10.4. The Morgan fingerprint density at radius 2 is 2.15 bits per heavy atom. The van der Waals surface area contributed by atoms with Crippen molar-refractivity contribution in [3.8, 4) is 5.75 Å². The van der Waals surface area contributed by atoms with Gasteiger partial charge in [-0.3, -0.25) is 4.79 Å². The van der Waals surface area contributed by atoms with Crippen LogP contribution < -0.4 is 15.4 Å². The molecule has 108 valence electrons. The van der Waals surface area contributed by atoms with Gasteiger partial charge < -0.3 is 15.4 Å². The molecule has 1 aliphatic carbocycles. The molecule has 1 aromatic carbocycles. The van der Waals surface area contributed by atoms with Crippen LogP contribution in [0.2, 0.25) is 0 Å². The molecule has 0 radical (unpaired) electrons. The van der Waals surface area contributed by atoms with Crippen molar-refractivity contribution >= 4 is 11.6 Å². The number of benzene rings is 1. The predicted molar refractivity (Wildman–Crippen MR) is 65.2 cm³/mol. The highest BCUT2D eigenvalue weighted by molar-refractivity contribution is 5.95. The first kappa shape index (κ1) is 13.2. The van der Waals surface area contributed by atoms with E-state index in [4.69, 9.17) is 0 Å². The number of piperidine rings is 1. The van der Waals surface area contributed by atoms with E-state index in [-0.39, 0.29) is 17.7 Å². The number of ether oxygens (including phenoxy) is 1. The number of alkyl halides is 3. The van der Waals surface area contributed by atoms with Crippen molar-refractivity contribution in [2.45, 2.75) is 31.3 Å². The minimum absolute atomic E-state index is 0.221. The van der Waals surface area contributed by atoms with E-state index in [1.165, 1.54) is 18.2 Å². The van der Waals surface area contributed by atoms with Crippen molar-refractivity contribution in [3.63, 3.8) is 0 Å². The molecule has 1 aromatic rings. The maximum atomic E-state index is 12.1. The van der Waals surface area contributed by atoms with Crippen molar-refractivity contribution in [2.75, 3.05) is 5.32 Å².